The Hall–Kier alpha value is -0.640. The lowest BCUT2D eigenvalue weighted by Crippen LogP contribution is -2.28. The summed E-state index contributed by atoms with van der Waals surface area (Å²) >= 11 is 3.46. The van der Waals surface area contributed by atoms with Crippen LogP contribution >= 0.6 is 15.9 Å². The summed E-state index contributed by atoms with van der Waals surface area (Å²) < 4.78 is 1.10. The van der Waals surface area contributed by atoms with Crippen LogP contribution in [0.4, 0.5) is 0 Å². The molecule has 0 radical (unpaired) electrons. The summed E-state index contributed by atoms with van der Waals surface area (Å²) in [5.74, 6) is 5.61. The SMILES string of the molecule is C=C(CC)CC(NN)c1ccc(Br)cc1C. The largest absolute Gasteiger partial charge is 0.271 e. The zero-order chi connectivity index (χ0) is 12.1. The van der Waals surface area contributed by atoms with Crippen LogP contribution in [0, 0.1) is 6.92 Å². The van der Waals surface area contributed by atoms with Crippen LogP contribution in [0.1, 0.15) is 36.9 Å². The summed E-state index contributed by atoms with van der Waals surface area (Å²) in [6, 6.07) is 6.41. The third-order valence-electron chi connectivity index (χ3n) is 2.80. The maximum Gasteiger partial charge on any atom is 0.0499 e. The Morgan fingerprint density at radius 2 is 2.25 bits per heavy atom. The molecule has 0 heterocycles. The van der Waals surface area contributed by atoms with Crippen LogP contribution in [0.5, 0.6) is 0 Å². The number of hydrogen-bond donors (Lipinski definition) is 2. The second kappa shape index (κ2) is 6.18. The molecule has 0 aliphatic heterocycles. The van der Waals surface area contributed by atoms with Crippen molar-refractivity contribution in [2.45, 2.75) is 32.7 Å². The summed E-state index contributed by atoms with van der Waals surface area (Å²) in [7, 11) is 0. The van der Waals surface area contributed by atoms with E-state index in [4.69, 9.17) is 5.84 Å². The van der Waals surface area contributed by atoms with E-state index >= 15 is 0 Å². The molecule has 3 heteroatoms. The standard InChI is InChI=1S/C13H19BrN2/c1-4-9(2)7-13(16-15)12-6-5-11(14)8-10(12)3/h5-6,8,13,16H,2,4,7,15H2,1,3H3. The second-order valence-electron chi connectivity index (χ2n) is 4.03. The maximum atomic E-state index is 5.61. The van der Waals surface area contributed by atoms with Crippen LogP contribution in [0.25, 0.3) is 0 Å². The average Bonchev–Trinajstić information content (AvgIpc) is 2.26. The van der Waals surface area contributed by atoms with Gasteiger partial charge in [0.2, 0.25) is 0 Å². The van der Waals surface area contributed by atoms with Crippen molar-refractivity contribution in [2.24, 2.45) is 5.84 Å². The van der Waals surface area contributed by atoms with Crippen LogP contribution in [0.3, 0.4) is 0 Å². The molecule has 1 unspecified atom stereocenters. The summed E-state index contributed by atoms with van der Waals surface area (Å²) in [5, 5.41) is 0. The number of aryl methyl sites for hydroxylation is 1. The molecule has 1 atom stereocenters. The molecular formula is C13H19BrN2. The van der Waals surface area contributed by atoms with E-state index in [0.29, 0.717) is 0 Å². The molecule has 0 aliphatic carbocycles. The first-order chi connectivity index (χ1) is 7.58. The highest BCUT2D eigenvalue weighted by molar-refractivity contribution is 9.10. The maximum absolute atomic E-state index is 5.61. The topological polar surface area (TPSA) is 38.0 Å². The van der Waals surface area contributed by atoms with Gasteiger partial charge >= 0.3 is 0 Å². The van der Waals surface area contributed by atoms with E-state index < -0.39 is 0 Å². The Kier molecular flexibility index (Phi) is 5.19. The molecule has 3 N–H and O–H groups in total. The normalized spacial score (nSPS) is 12.5. The monoisotopic (exact) mass is 282 g/mol. The lowest BCUT2D eigenvalue weighted by molar-refractivity contribution is 0.542. The molecule has 2 nitrogen and oxygen atoms in total. The van der Waals surface area contributed by atoms with Crippen molar-refractivity contribution in [3.8, 4) is 0 Å². The third-order valence-corrected chi connectivity index (χ3v) is 3.29. The summed E-state index contributed by atoms with van der Waals surface area (Å²) in [6.07, 6.45) is 1.88. The van der Waals surface area contributed by atoms with E-state index in [-0.39, 0.29) is 6.04 Å². The first-order valence-corrected chi connectivity index (χ1v) is 6.26. The van der Waals surface area contributed by atoms with E-state index in [2.05, 4.69) is 53.9 Å². The van der Waals surface area contributed by atoms with E-state index in [1.165, 1.54) is 16.7 Å². The lowest BCUT2D eigenvalue weighted by atomic mass is 9.95. The third kappa shape index (κ3) is 3.44. The Morgan fingerprint density at radius 1 is 1.56 bits per heavy atom. The first-order valence-electron chi connectivity index (χ1n) is 5.47. The Bertz CT molecular complexity index is 374. The van der Waals surface area contributed by atoms with Gasteiger partial charge in [-0.3, -0.25) is 11.3 Å². The van der Waals surface area contributed by atoms with E-state index in [9.17, 15) is 0 Å². The molecule has 1 rings (SSSR count). The number of rotatable bonds is 5. The van der Waals surface area contributed by atoms with Gasteiger partial charge in [-0.25, -0.2) is 0 Å². The van der Waals surface area contributed by atoms with Gasteiger partial charge in [-0.1, -0.05) is 41.1 Å². The highest BCUT2D eigenvalue weighted by atomic mass is 79.9. The first kappa shape index (κ1) is 13.4. The molecule has 1 aromatic rings. The Morgan fingerprint density at radius 3 is 2.75 bits per heavy atom. The highest BCUT2D eigenvalue weighted by Gasteiger charge is 2.12. The van der Waals surface area contributed by atoms with E-state index in [0.717, 1.165) is 17.3 Å². The molecule has 1 aromatic carbocycles. The minimum absolute atomic E-state index is 0.153. The van der Waals surface area contributed by atoms with Crippen molar-refractivity contribution >= 4 is 15.9 Å². The summed E-state index contributed by atoms with van der Waals surface area (Å²) in [4.78, 5) is 0. The van der Waals surface area contributed by atoms with Crippen LogP contribution in [0.15, 0.2) is 34.8 Å². The average molecular weight is 283 g/mol. The van der Waals surface area contributed by atoms with E-state index in [1.54, 1.807) is 0 Å². The van der Waals surface area contributed by atoms with Crippen molar-refractivity contribution in [3.63, 3.8) is 0 Å². The molecule has 0 aromatic heterocycles. The Labute approximate surface area is 106 Å². The van der Waals surface area contributed by atoms with Gasteiger partial charge in [-0.15, -0.1) is 0 Å². The zero-order valence-corrected chi connectivity index (χ0v) is 11.5. The molecule has 0 amide bonds. The predicted molar refractivity (Wildman–Crippen MR) is 73.0 cm³/mol. The van der Waals surface area contributed by atoms with Gasteiger partial charge in [0.15, 0.2) is 0 Å². The number of nitrogens with one attached hydrogen (secondary N) is 1. The number of nitrogens with two attached hydrogens (primary N) is 1. The van der Waals surface area contributed by atoms with Crippen molar-refractivity contribution in [1.82, 2.24) is 5.43 Å². The molecule has 0 aliphatic rings. The van der Waals surface area contributed by atoms with Gasteiger partial charge in [0.1, 0.15) is 0 Å². The summed E-state index contributed by atoms with van der Waals surface area (Å²) in [6.45, 7) is 8.24. The highest BCUT2D eigenvalue weighted by Crippen LogP contribution is 2.26. The fourth-order valence-electron chi connectivity index (χ4n) is 1.72. The van der Waals surface area contributed by atoms with Crippen molar-refractivity contribution < 1.29 is 0 Å². The second-order valence-corrected chi connectivity index (χ2v) is 4.94. The van der Waals surface area contributed by atoms with Gasteiger partial charge < -0.3 is 0 Å². The zero-order valence-electron chi connectivity index (χ0n) is 9.89. The van der Waals surface area contributed by atoms with Gasteiger partial charge in [0, 0.05) is 10.5 Å². The fourth-order valence-corrected chi connectivity index (χ4v) is 2.20. The predicted octanol–water partition coefficient (Wildman–Crippen LogP) is 3.62. The number of hydrazine groups is 1. The van der Waals surface area contributed by atoms with Crippen LogP contribution < -0.4 is 11.3 Å². The molecule has 0 saturated heterocycles. The van der Waals surface area contributed by atoms with Crippen LogP contribution in [-0.2, 0) is 0 Å². The van der Waals surface area contributed by atoms with Crippen molar-refractivity contribution in [3.05, 3.63) is 46.0 Å². The van der Waals surface area contributed by atoms with Crippen LogP contribution in [0.2, 0.25) is 0 Å². The number of benzene rings is 1. The minimum Gasteiger partial charge on any atom is -0.271 e. The fraction of sp³-hybridized carbons (Fsp3) is 0.385. The van der Waals surface area contributed by atoms with Crippen LogP contribution in [-0.4, -0.2) is 0 Å². The molecule has 0 spiro atoms. The van der Waals surface area contributed by atoms with E-state index in [1.807, 2.05) is 6.07 Å². The molecule has 0 bridgehead atoms. The molecule has 16 heavy (non-hydrogen) atoms. The summed E-state index contributed by atoms with van der Waals surface area (Å²) in [5.41, 5.74) is 6.55. The molecule has 0 saturated carbocycles. The Balaban J connectivity index is 2.90. The van der Waals surface area contributed by atoms with Gasteiger partial charge in [-0.2, -0.15) is 0 Å². The molecule has 0 fully saturated rings. The number of hydrogen-bond acceptors (Lipinski definition) is 2. The quantitative estimate of drug-likeness (QED) is 0.492. The minimum atomic E-state index is 0.153. The lowest BCUT2D eigenvalue weighted by Gasteiger charge is -2.19. The smallest absolute Gasteiger partial charge is 0.0499 e. The van der Waals surface area contributed by atoms with Crippen molar-refractivity contribution in [2.75, 3.05) is 0 Å². The van der Waals surface area contributed by atoms with Crippen molar-refractivity contribution in [1.29, 1.82) is 0 Å². The molecular weight excluding hydrogens is 264 g/mol. The molecule has 88 valence electrons. The van der Waals surface area contributed by atoms with Gasteiger partial charge in [0.05, 0.1) is 0 Å². The van der Waals surface area contributed by atoms with Gasteiger partial charge in [-0.05, 0) is 43.0 Å². The number of halogens is 1. The van der Waals surface area contributed by atoms with Gasteiger partial charge in [0.25, 0.3) is 0 Å².